The maximum atomic E-state index is 9.53. The molecule has 0 atom stereocenters. The van der Waals surface area contributed by atoms with Crippen LogP contribution in [-0.4, -0.2) is 0 Å². The Balaban J connectivity index is 2.59. The Bertz CT molecular complexity index is 828. The second-order valence-electron chi connectivity index (χ2n) is 4.67. The number of nitriles is 1. The SMILES string of the molecule is Cc1c2ccccc2c(C#N)c2cc(CBr)ccc12. The summed E-state index contributed by atoms with van der Waals surface area (Å²) in [6.45, 7) is 2.12. The van der Waals surface area contributed by atoms with Gasteiger partial charge in [0.2, 0.25) is 0 Å². The Labute approximate surface area is 120 Å². The average Bonchev–Trinajstić information content (AvgIpc) is 2.47. The van der Waals surface area contributed by atoms with Gasteiger partial charge in [-0.1, -0.05) is 52.3 Å². The van der Waals surface area contributed by atoms with E-state index in [2.05, 4.69) is 53.2 Å². The zero-order valence-corrected chi connectivity index (χ0v) is 12.2. The minimum absolute atomic E-state index is 0.777. The number of benzene rings is 3. The summed E-state index contributed by atoms with van der Waals surface area (Å²) in [7, 11) is 0. The van der Waals surface area contributed by atoms with Crippen LogP contribution >= 0.6 is 15.9 Å². The number of nitrogens with zero attached hydrogens (tertiary/aromatic N) is 1. The van der Waals surface area contributed by atoms with Gasteiger partial charge in [-0.2, -0.15) is 5.26 Å². The van der Waals surface area contributed by atoms with Gasteiger partial charge in [0.25, 0.3) is 0 Å². The molecule has 0 amide bonds. The maximum Gasteiger partial charge on any atom is 0.100 e. The van der Waals surface area contributed by atoms with Crippen LogP contribution in [0.5, 0.6) is 0 Å². The smallest absolute Gasteiger partial charge is 0.100 e. The molecule has 3 rings (SSSR count). The van der Waals surface area contributed by atoms with Crippen molar-refractivity contribution in [3.8, 4) is 6.07 Å². The number of rotatable bonds is 1. The molecule has 0 radical (unpaired) electrons. The largest absolute Gasteiger partial charge is 0.192 e. The van der Waals surface area contributed by atoms with E-state index >= 15 is 0 Å². The summed E-state index contributed by atoms with van der Waals surface area (Å²) in [5.41, 5.74) is 3.21. The average molecular weight is 310 g/mol. The van der Waals surface area contributed by atoms with Crippen molar-refractivity contribution in [2.75, 3.05) is 0 Å². The second kappa shape index (κ2) is 4.68. The minimum Gasteiger partial charge on any atom is -0.192 e. The maximum absolute atomic E-state index is 9.53. The molecule has 0 unspecified atom stereocenters. The van der Waals surface area contributed by atoms with E-state index in [1.54, 1.807) is 0 Å². The Morgan fingerprint density at radius 1 is 1.00 bits per heavy atom. The standard InChI is InChI=1S/C17H12BrN/c1-11-13-4-2-3-5-15(13)17(10-19)16-8-12(9-18)6-7-14(11)16/h2-8H,9H2,1H3. The molecule has 0 bridgehead atoms. The van der Waals surface area contributed by atoms with Crippen LogP contribution in [0.25, 0.3) is 21.5 Å². The summed E-state index contributed by atoms with van der Waals surface area (Å²) in [5, 5.41) is 14.8. The van der Waals surface area contributed by atoms with Crippen LogP contribution in [0.3, 0.4) is 0 Å². The molecule has 0 saturated carbocycles. The summed E-state index contributed by atoms with van der Waals surface area (Å²) in [6, 6.07) is 16.8. The Morgan fingerprint density at radius 3 is 2.37 bits per heavy atom. The summed E-state index contributed by atoms with van der Waals surface area (Å²) in [4.78, 5) is 0. The van der Waals surface area contributed by atoms with Gasteiger partial charge in [-0.05, 0) is 34.9 Å². The van der Waals surface area contributed by atoms with E-state index in [0.717, 1.165) is 27.1 Å². The number of halogens is 1. The highest BCUT2D eigenvalue weighted by Gasteiger charge is 2.11. The predicted octanol–water partition coefficient (Wildman–Crippen LogP) is 5.07. The van der Waals surface area contributed by atoms with E-state index in [4.69, 9.17) is 0 Å². The van der Waals surface area contributed by atoms with Gasteiger partial charge in [0.05, 0.1) is 5.56 Å². The van der Waals surface area contributed by atoms with Gasteiger partial charge in [-0.15, -0.1) is 0 Å². The fraction of sp³-hybridized carbons (Fsp3) is 0.118. The number of alkyl halides is 1. The molecule has 3 aromatic rings. The van der Waals surface area contributed by atoms with Crippen LogP contribution in [0.15, 0.2) is 42.5 Å². The minimum atomic E-state index is 0.777. The van der Waals surface area contributed by atoms with Crippen LogP contribution in [0.1, 0.15) is 16.7 Å². The van der Waals surface area contributed by atoms with Crippen LogP contribution in [-0.2, 0) is 5.33 Å². The molecule has 3 aromatic carbocycles. The zero-order chi connectivity index (χ0) is 13.4. The van der Waals surface area contributed by atoms with Gasteiger partial charge in [-0.3, -0.25) is 0 Å². The topological polar surface area (TPSA) is 23.8 Å². The van der Waals surface area contributed by atoms with E-state index < -0.39 is 0 Å². The van der Waals surface area contributed by atoms with Gasteiger partial charge < -0.3 is 0 Å². The van der Waals surface area contributed by atoms with Crippen molar-refractivity contribution in [1.29, 1.82) is 5.26 Å². The van der Waals surface area contributed by atoms with E-state index in [0.29, 0.717) is 0 Å². The van der Waals surface area contributed by atoms with Crippen molar-refractivity contribution in [2.24, 2.45) is 0 Å². The number of hydrogen-bond donors (Lipinski definition) is 0. The molecule has 0 aliphatic heterocycles. The van der Waals surface area contributed by atoms with Crippen LogP contribution in [0.2, 0.25) is 0 Å². The Kier molecular flexibility index (Phi) is 3.00. The van der Waals surface area contributed by atoms with Gasteiger partial charge in [0.1, 0.15) is 6.07 Å². The highest BCUT2D eigenvalue weighted by atomic mass is 79.9. The molecule has 0 aliphatic rings. The molecule has 1 nitrogen and oxygen atoms in total. The van der Waals surface area contributed by atoms with Crippen molar-refractivity contribution >= 4 is 37.5 Å². The number of aryl methyl sites for hydroxylation is 1. The quantitative estimate of drug-likeness (QED) is 0.455. The first-order valence-corrected chi connectivity index (χ1v) is 7.28. The van der Waals surface area contributed by atoms with Gasteiger partial charge in [0, 0.05) is 16.1 Å². The third-order valence-electron chi connectivity index (χ3n) is 3.62. The molecule has 0 aromatic heterocycles. The molecular weight excluding hydrogens is 298 g/mol. The summed E-state index contributed by atoms with van der Waals surface area (Å²) < 4.78 is 0. The van der Waals surface area contributed by atoms with Gasteiger partial charge in [0.15, 0.2) is 0 Å². The lowest BCUT2D eigenvalue weighted by Gasteiger charge is -2.11. The van der Waals surface area contributed by atoms with E-state index in [1.165, 1.54) is 16.5 Å². The molecule has 2 heteroatoms. The van der Waals surface area contributed by atoms with Crippen molar-refractivity contribution in [2.45, 2.75) is 12.3 Å². The normalized spacial score (nSPS) is 10.8. The van der Waals surface area contributed by atoms with Crippen molar-refractivity contribution in [1.82, 2.24) is 0 Å². The van der Waals surface area contributed by atoms with E-state index in [9.17, 15) is 5.26 Å². The first kappa shape index (κ1) is 12.2. The fourth-order valence-corrected chi connectivity index (χ4v) is 3.00. The van der Waals surface area contributed by atoms with Crippen LogP contribution in [0, 0.1) is 18.3 Å². The lowest BCUT2D eigenvalue weighted by Crippen LogP contribution is -1.90. The lowest BCUT2D eigenvalue weighted by molar-refractivity contribution is 1.45. The Hall–Kier alpha value is -1.85. The number of hydrogen-bond acceptors (Lipinski definition) is 1. The van der Waals surface area contributed by atoms with Crippen molar-refractivity contribution in [3.63, 3.8) is 0 Å². The lowest BCUT2D eigenvalue weighted by atomic mass is 9.92. The first-order chi connectivity index (χ1) is 9.26. The van der Waals surface area contributed by atoms with E-state index in [1.807, 2.05) is 18.2 Å². The molecule has 0 fully saturated rings. The molecular formula is C17H12BrN. The molecule has 0 spiro atoms. The highest BCUT2D eigenvalue weighted by Crippen LogP contribution is 2.32. The third kappa shape index (κ3) is 1.82. The van der Waals surface area contributed by atoms with Gasteiger partial charge >= 0.3 is 0 Å². The first-order valence-electron chi connectivity index (χ1n) is 6.16. The molecule has 0 heterocycles. The van der Waals surface area contributed by atoms with Crippen LogP contribution < -0.4 is 0 Å². The summed E-state index contributed by atoms with van der Waals surface area (Å²) >= 11 is 3.48. The zero-order valence-electron chi connectivity index (χ0n) is 10.6. The third-order valence-corrected chi connectivity index (χ3v) is 4.27. The predicted molar refractivity (Wildman–Crippen MR) is 83.5 cm³/mol. The molecule has 0 N–H and O–H groups in total. The van der Waals surface area contributed by atoms with Crippen molar-refractivity contribution in [3.05, 3.63) is 59.2 Å². The molecule has 0 aliphatic carbocycles. The fourth-order valence-electron chi connectivity index (χ4n) is 2.65. The molecule has 92 valence electrons. The monoisotopic (exact) mass is 309 g/mol. The van der Waals surface area contributed by atoms with Crippen LogP contribution in [0.4, 0.5) is 0 Å². The van der Waals surface area contributed by atoms with Crippen molar-refractivity contribution < 1.29 is 0 Å². The van der Waals surface area contributed by atoms with Gasteiger partial charge in [-0.25, -0.2) is 0 Å². The summed E-state index contributed by atoms with van der Waals surface area (Å²) in [5.74, 6) is 0. The Morgan fingerprint density at radius 2 is 1.68 bits per heavy atom. The molecule has 0 saturated heterocycles. The summed E-state index contributed by atoms with van der Waals surface area (Å²) in [6.07, 6.45) is 0. The van der Waals surface area contributed by atoms with E-state index in [-0.39, 0.29) is 0 Å². The number of fused-ring (bicyclic) bond motifs is 2. The second-order valence-corrected chi connectivity index (χ2v) is 5.23. The highest BCUT2D eigenvalue weighted by molar-refractivity contribution is 9.08. The molecule has 19 heavy (non-hydrogen) atoms.